The first kappa shape index (κ1) is 14.5. The summed E-state index contributed by atoms with van der Waals surface area (Å²) in [6, 6.07) is 8.57. The number of rotatable bonds is 4. The molecule has 0 fully saturated rings. The molecular weight excluding hydrogens is 272 g/mol. The second-order valence-electron chi connectivity index (χ2n) is 4.32. The first-order valence-electron chi connectivity index (χ1n) is 6.17. The van der Waals surface area contributed by atoms with E-state index >= 15 is 0 Å². The van der Waals surface area contributed by atoms with Crippen LogP contribution in [0.5, 0.6) is 5.75 Å². The number of ether oxygens (including phenoxy) is 1. The molecule has 0 bridgehead atoms. The number of carbonyl (C=O) groups is 1. The van der Waals surface area contributed by atoms with Crippen molar-refractivity contribution in [3.8, 4) is 11.4 Å². The Kier molecular flexibility index (Phi) is 4.18. The molecule has 6 nitrogen and oxygen atoms in total. The van der Waals surface area contributed by atoms with Crippen molar-refractivity contribution >= 4 is 12.0 Å². The van der Waals surface area contributed by atoms with E-state index in [0.29, 0.717) is 11.4 Å². The van der Waals surface area contributed by atoms with Gasteiger partial charge in [-0.15, -0.1) is 0 Å². The van der Waals surface area contributed by atoms with Gasteiger partial charge in [0.05, 0.1) is 12.8 Å². The average Bonchev–Trinajstić information content (AvgIpc) is 2.46. The highest BCUT2D eigenvalue weighted by Crippen LogP contribution is 2.15. The molecule has 0 saturated carbocycles. The fraction of sp³-hybridized carbons (Fsp3) is 0.133. The van der Waals surface area contributed by atoms with Gasteiger partial charge in [-0.25, -0.2) is 9.48 Å². The minimum atomic E-state index is -1.13. The lowest BCUT2D eigenvalue weighted by molar-refractivity contribution is -0.131. The Bertz CT molecular complexity index is 745. The zero-order chi connectivity index (χ0) is 15.4. The Morgan fingerprint density at radius 2 is 2.00 bits per heavy atom. The predicted octanol–water partition coefficient (Wildman–Crippen LogP) is 1.65. The summed E-state index contributed by atoms with van der Waals surface area (Å²) < 4.78 is 6.66. The predicted molar refractivity (Wildman–Crippen MR) is 77.8 cm³/mol. The third kappa shape index (κ3) is 3.36. The molecule has 2 aromatic rings. The molecule has 0 saturated heterocycles. The Hall–Kier alpha value is -2.89. The number of aryl methyl sites for hydroxylation is 1. The lowest BCUT2D eigenvalue weighted by Gasteiger charge is -2.10. The van der Waals surface area contributed by atoms with Gasteiger partial charge in [0.25, 0.3) is 0 Å². The lowest BCUT2D eigenvalue weighted by Crippen LogP contribution is -2.16. The van der Waals surface area contributed by atoms with E-state index in [-0.39, 0.29) is 11.1 Å². The molecule has 0 aliphatic rings. The maximum atomic E-state index is 11.8. The number of aromatic nitrogens is 2. The summed E-state index contributed by atoms with van der Waals surface area (Å²) in [6.07, 6.45) is 2.07. The molecule has 1 aromatic carbocycles. The largest absolute Gasteiger partial charge is 0.497 e. The van der Waals surface area contributed by atoms with Crippen LogP contribution < -0.4 is 10.2 Å². The topological polar surface area (TPSA) is 81.4 Å². The normalized spacial score (nSPS) is 10.8. The van der Waals surface area contributed by atoms with Crippen molar-refractivity contribution in [2.45, 2.75) is 6.92 Å². The number of methoxy groups -OCH3 is 1. The summed E-state index contributed by atoms with van der Waals surface area (Å²) in [5.74, 6) is -0.420. The number of hydrogen-bond acceptors (Lipinski definition) is 4. The molecule has 1 aromatic heterocycles. The molecule has 0 spiro atoms. The molecule has 0 aliphatic carbocycles. The van der Waals surface area contributed by atoms with Crippen molar-refractivity contribution < 1.29 is 14.6 Å². The van der Waals surface area contributed by atoms with Crippen LogP contribution in [-0.4, -0.2) is 28.0 Å². The zero-order valence-corrected chi connectivity index (χ0v) is 11.6. The molecule has 2 rings (SSSR count). The van der Waals surface area contributed by atoms with Crippen LogP contribution >= 0.6 is 0 Å². The van der Waals surface area contributed by atoms with Gasteiger partial charge in [-0.05, 0) is 37.3 Å². The van der Waals surface area contributed by atoms with Crippen LogP contribution in [0.15, 0.2) is 41.2 Å². The van der Waals surface area contributed by atoms with Gasteiger partial charge >= 0.3 is 5.97 Å². The van der Waals surface area contributed by atoms with E-state index in [1.54, 1.807) is 43.0 Å². The van der Waals surface area contributed by atoms with E-state index in [2.05, 4.69) is 5.10 Å². The van der Waals surface area contributed by atoms with Crippen molar-refractivity contribution in [3.63, 3.8) is 0 Å². The van der Waals surface area contributed by atoms with Gasteiger partial charge in [0, 0.05) is 17.8 Å². The minimum absolute atomic E-state index is 0.0684. The number of carboxylic acid groups (broad SMARTS) is 1. The van der Waals surface area contributed by atoms with Crippen LogP contribution in [0.2, 0.25) is 0 Å². The van der Waals surface area contributed by atoms with Gasteiger partial charge in [0.1, 0.15) is 11.4 Å². The van der Waals surface area contributed by atoms with E-state index < -0.39 is 5.97 Å². The highest BCUT2D eigenvalue weighted by molar-refractivity contribution is 5.84. The van der Waals surface area contributed by atoms with Crippen molar-refractivity contribution in [1.29, 1.82) is 0 Å². The van der Waals surface area contributed by atoms with Gasteiger partial charge in [0.15, 0.2) is 0 Å². The Labute approximate surface area is 120 Å². The summed E-state index contributed by atoms with van der Waals surface area (Å²) in [7, 11) is 1.58. The zero-order valence-electron chi connectivity index (χ0n) is 11.6. The molecule has 0 radical (unpaired) electrons. The van der Waals surface area contributed by atoms with Crippen molar-refractivity contribution in [2.24, 2.45) is 0 Å². The van der Waals surface area contributed by atoms with Crippen molar-refractivity contribution in [2.75, 3.05) is 7.11 Å². The monoisotopic (exact) mass is 286 g/mol. The van der Waals surface area contributed by atoms with Gasteiger partial charge in [-0.1, -0.05) is 0 Å². The minimum Gasteiger partial charge on any atom is -0.497 e. The van der Waals surface area contributed by atoms with E-state index in [0.717, 1.165) is 11.8 Å². The van der Waals surface area contributed by atoms with E-state index in [4.69, 9.17) is 9.84 Å². The fourth-order valence-electron chi connectivity index (χ4n) is 1.81. The van der Waals surface area contributed by atoms with Gasteiger partial charge < -0.3 is 9.84 Å². The summed E-state index contributed by atoms with van der Waals surface area (Å²) in [6.45, 7) is 1.75. The molecule has 21 heavy (non-hydrogen) atoms. The SMILES string of the molecule is COc1ccc(-n2nc(/C=C/C(=O)O)c(=O)cc2C)cc1. The van der Waals surface area contributed by atoms with Gasteiger partial charge in [-0.2, -0.15) is 5.10 Å². The molecule has 0 amide bonds. The van der Waals surface area contributed by atoms with Crippen LogP contribution in [0.25, 0.3) is 11.8 Å². The smallest absolute Gasteiger partial charge is 0.328 e. The summed E-state index contributed by atoms with van der Waals surface area (Å²) >= 11 is 0. The van der Waals surface area contributed by atoms with Crippen LogP contribution in [-0.2, 0) is 4.79 Å². The first-order valence-corrected chi connectivity index (χ1v) is 6.17. The molecule has 6 heteroatoms. The van der Waals surface area contributed by atoms with Crippen molar-refractivity contribution in [3.05, 3.63) is 58.0 Å². The number of nitrogens with zero attached hydrogens (tertiary/aromatic N) is 2. The quantitative estimate of drug-likeness (QED) is 0.864. The van der Waals surface area contributed by atoms with Gasteiger partial charge in [-0.3, -0.25) is 4.79 Å². The lowest BCUT2D eigenvalue weighted by atomic mass is 10.2. The maximum Gasteiger partial charge on any atom is 0.328 e. The number of hydrogen-bond donors (Lipinski definition) is 1. The molecule has 0 unspecified atom stereocenters. The molecular formula is C15H14N2O4. The molecule has 108 valence electrons. The Balaban J connectivity index is 2.49. The van der Waals surface area contributed by atoms with E-state index in [1.165, 1.54) is 12.1 Å². The standard InChI is InChI=1S/C15H14N2O4/c1-10-9-14(18)13(7-8-15(19)20)16-17(10)11-3-5-12(21-2)6-4-11/h3-9H,1-2H3,(H,19,20)/b8-7+. The van der Waals surface area contributed by atoms with Crippen LogP contribution in [0.3, 0.4) is 0 Å². The van der Waals surface area contributed by atoms with Crippen molar-refractivity contribution in [1.82, 2.24) is 9.78 Å². The third-order valence-electron chi connectivity index (χ3n) is 2.84. The maximum absolute atomic E-state index is 11.8. The average molecular weight is 286 g/mol. The van der Waals surface area contributed by atoms with Crippen LogP contribution in [0, 0.1) is 6.92 Å². The second kappa shape index (κ2) is 6.04. The summed E-state index contributed by atoms with van der Waals surface area (Å²) in [4.78, 5) is 22.3. The highest BCUT2D eigenvalue weighted by Gasteiger charge is 2.06. The molecule has 0 atom stereocenters. The number of benzene rings is 1. The van der Waals surface area contributed by atoms with E-state index in [1.807, 2.05) is 0 Å². The molecule has 1 N–H and O–H groups in total. The number of aliphatic carboxylic acids is 1. The summed E-state index contributed by atoms with van der Waals surface area (Å²) in [5, 5.41) is 12.8. The summed E-state index contributed by atoms with van der Waals surface area (Å²) in [5.41, 5.74) is 1.14. The van der Waals surface area contributed by atoms with E-state index in [9.17, 15) is 9.59 Å². The number of carboxylic acids is 1. The second-order valence-corrected chi connectivity index (χ2v) is 4.32. The Morgan fingerprint density at radius 3 is 2.57 bits per heavy atom. The first-order chi connectivity index (χ1) is 10.0. The van der Waals surface area contributed by atoms with Gasteiger partial charge in [0.2, 0.25) is 5.43 Å². The molecule has 0 aliphatic heterocycles. The molecule has 1 heterocycles. The van der Waals surface area contributed by atoms with Crippen LogP contribution in [0.1, 0.15) is 11.4 Å². The van der Waals surface area contributed by atoms with Crippen LogP contribution in [0.4, 0.5) is 0 Å². The Morgan fingerprint density at radius 1 is 1.33 bits per heavy atom. The third-order valence-corrected chi connectivity index (χ3v) is 2.84. The fourth-order valence-corrected chi connectivity index (χ4v) is 1.81. The highest BCUT2D eigenvalue weighted by atomic mass is 16.5.